The summed E-state index contributed by atoms with van der Waals surface area (Å²) in [6.45, 7) is 0. The zero-order valence-electron chi connectivity index (χ0n) is 10.7. The molecule has 0 amide bonds. The minimum Gasteiger partial charge on any atom is -0.459 e. The molecule has 3 aromatic rings. The van der Waals surface area contributed by atoms with Gasteiger partial charge in [-0.3, -0.25) is 5.84 Å². The highest BCUT2D eigenvalue weighted by Gasteiger charge is 2.21. The molecule has 3 rings (SSSR count). The van der Waals surface area contributed by atoms with Crippen molar-refractivity contribution >= 4 is 34.2 Å². The maximum absolute atomic E-state index is 13.2. The lowest BCUT2D eigenvalue weighted by Gasteiger charge is -2.15. The van der Waals surface area contributed by atoms with Gasteiger partial charge in [0.1, 0.15) is 23.2 Å². The number of halogens is 3. The van der Waals surface area contributed by atoms with Crippen LogP contribution < -0.4 is 11.3 Å². The van der Waals surface area contributed by atoms with Gasteiger partial charge in [-0.2, -0.15) is 0 Å². The number of hydrogen-bond donors (Lipinski definition) is 2. The summed E-state index contributed by atoms with van der Waals surface area (Å²) in [7, 11) is 0. The first-order valence-corrected chi connectivity index (χ1v) is 6.95. The standard InChI is InChI=1S/C15H11Cl2FN2O/c16-11-3-1-2-10(14(11)17)15(20-19)13-7-8-6-9(18)4-5-12(8)21-13/h1-7,15,20H,19H2. The summed E-state index contributed by atoms with van der Waals surface area (Å²) in [6.07, 6.45) is 0. The van der Waals surface area contributed by atoms with Crippen molar-refractivity contribution < 1.29 is 8.81 Å². The van der Waals surface area contributed by atoms with E-state index < -0.39 is 6.04 Å². The Hall–Kier alpha value is -1.59. The quantitative estimate of drug-likeness (QED) is 0.553. The van der Waals surface area contributed by atoms with Crippen LogP contribution in [0.4, 0.5) is 4.39 Å². The van der Waals surface area contributed by atoms with Gasteiger partial charge < -0.3 is 4.42 Å². The number of nitrogens with one attached hydrogen (secondary N) is 1. The van der Waals surface area contributed by atoms with Gasteiger partial charge in [0, 0.05) is 5.39 Å². The lowest BCUT2D eigenvalue weighted by molar-refractivity contribution is 0.477. The van der Waals surface area contributed by atoms with E-state index in [4.69, 9.17) is 33.5 Å². The highest BCUT2D eigenvalue weighted by molar-refractivity contribution is 6.42. The molecular formula is C15H11Cl2FN2O. The van der Waals surface area contributed by atoms with E-state index in [1.54, 1.807) is 30.3 Å². The SMILES string of the molecule is NNC(c1cc2cc(F)ccc2o1)c1cccc(Cl)c1Cl. The normalized spacial score (nSPS) is 12.8. The molecule has 6 heteroatoms. The predicted octanol–water partition coefficient (Wildman–Crippen LogP) is 4.43. The van der Waals surface area contributed by atoms with E-state index in [0.29, 0.717) is 32.3 Å². The summed E-state index contributed by atoms with van der Waals surface area (Å²) in [4.78, 5) is 0. The van der Waals surface area contributed by atoms with Gasteiger partial charge in [0.25, 0.3) is 0 Å². The van der Waals surface area contributed by atoms with E-state index in [0.717, 1.165) is 0 Å². The summed E-state index contributed by atoms with van der Waals surface area (Å²) < 4.78 is 19.0. The molecule has 0 aliphatic carbocycles. The Bertz CT molecular complexity index is 803. The summed E-state index contributed by atoms with van der Waals surface area (Å²) in [6, 6.07) is 10.8. The molecule has 0 aliphatic rings. The molecule has 0 saturated heterocycles. The second-order valence-corrected chi connectivity index (χ2v) is 5.36. The number of fused-ring (bicyclic) bond motifs is 1. The Labute approximate surface area is 130 Å². The highest BCUT2D eigenvalue weighted by Crippen LogP contribution is 2.34. The van der Waals surface area contributed by atoms with Crippen LogP contribution in [0.25, 0.3) is 11.0 Å². The molecule has 1 aromatic heterocycles. The number of furan rings is 1. The van der Waals surface area contributed by atoms with Crippen LogP contribution in [0.15, 0.2) is 46.9 Å². The summed E-state index contributed by atoms with van der Waals surface area (Å²) >= 11 is 12.2. The van der Waals surface area contributed by atoms with Crippen LogP contribution in [-0.4, -0.2) is 0 Å². The molecule has 0 spiro atoms. The average Bonchev–Trinajstić information content (AvgIpc) is 2.87. The number of hydrogen-bond acceptors (Lipinski definition) is 3. The predicted molar refractivity (Wildman–Crippen MR) is 81.8 cm³/mol. The summed E-state index contributed by atoms with van der Waals surface area (Å²) in [5, 5.41) is 1.48. The fraction of sp³-hybridized carbons (Fsp3) is 0.0667. The van der Waals surface area contributed by atoms with Crippen molar-refractivity contribution in [3.05, 3.63) is 69.7 Å². The van der Waals surface area contributed by atoms with Crippen LogP contribution in [0.2, 0.25) is 10.0 Å². The van der Waals surface area contributed by atoms with Crippen molar-refractivity contribution in [1.82, 2.24) is 5.43 Å². The van der Waals surface area contributed by atoms with Crippen molar-refractivity contribution in [2.24, 2.45) is 5.84 Å². The lowest BCUT2D eigenvalue weighted by atomic mass is 10.0. The second kappa shape index (κ2) is 5.66. The molecule has 0 aliphatic heterocycles. The van der Waals surface area contributed by atoms with Crippen LogP contribution in [0, 0.1) is 5.82 Å². The van der Waals surface area contributed by atoms with Gasteiger partial charge in [-0.25, -0.2) is 9.82 Å². The van der Waals surface area contributed by atoms with Crippen molar-refractivity contribution in [3.63, 3.8) is 0 Å². The van der Waals surface area contributed by atoms with Crippen LogP contribution in [0.1, 0.15) is 17.4 Å². The first-order valence-electron chi connectivity index (χ1n) is 6.19. The molecule has 0 fully saturated rings. The van der Waals surface area contributed by atoms with Crippen molar-refractivity contribution in [1.29, 1.82) is 0 Å². The Kier molecular flexibility index (Phi) is 3.87. The zero-order valence-corrected chi connectivity index (χ0v) is 12.3. The van der Waals surface area contributed by atoms with E-state index >= 15 is 0 Å². The first-order chi connectivity index (χ1) is 10.1. The molecule has 0 bridgehead atoms. The largest absolute Gasteiger partial charge is 0.459 e. The van der Waals surface area contributed by atoms with Crippen LogP contribution in [0.5, 0.6) is 0 Å². The zero-order chi connectivity index (χ0) is 15.0. The maximum Gasteiger partial charge on any atom is 0.134 e. The molecule has 1 unspecified atom stereocenters. The third kappa shape index (κ3) is 2.63. The van der Waals surface area contributed by atoms with E-state index in [1.165, 1.54) is 12.1 Å². The molecule has 21 heavy (non-hydrogen) atoms. The Balaban J connectivity index is 2.11. The van der Waals surface area contributed by atoms with E-state index in [2.05, 4.69) is 5.43 Å². The molecule has 108 valence electrons. The summed E-state index contributed by atoms with van der Waals surface area (Å²) in [5.41, 5.74) is 3.91. The van der Waals surface area contributed by atoms with Crippen LogP contribution in [0.3, 0.4) is 0 Å². The first kappa shape index (κ1) is 14.4. The number of nitrogens with two attached hydrogens (primary N) is 1. The van der Waals surface area contributed by atoms with Crippen molar-refractivity contribution in [2.75, 3.05) is 0 Å². The lowest BCUT2D eigenvalue weighted by Crippen LogP contribution is -2.28. The van der Waals surface area contributed by atoms with E-state index in [9.17, 15) is 4.39 Å². The average molecular weight is 325 g/mol. The maximum atomic E-state index is 13.2. The fourth-order valence-electron chi connectivity index (χ4n) is 2.25. The number of hydrazine groups is 1. The number of rotatable bonds is 3. The minimum absolute atomic E-state index is 0.326. The van der Waals surface area contributed by atoms with Crippen molar-refractivity contribution in [3.8, 4) is 0 Å². The Morgan fingerprint density at radius 1 is 1.14 bits per heavy atom. The topological polar surface area (TPSA) is 51.2 Å². The molecular weight excluding hydrogens is 314 g/mol. The van der Waals surface area contributed by atoms with Gasteiger partial charge >= 0.3 is 0 Å². The Morgan fingerprint density at radius 3 is 2.71 bits per heavy atom. The van der Waals surface area contributed by atoms with Gasteiger partial charge in [-0.1, -0.05) is 35.3 Å². The molecule has 3 N–H and O–H groups in total. The fourth-order valence-corrected chi connectivity index (χ4v) is 2.66. The molecule has 3 nitrogen and oxygen atoms in total. The van der Waals surface area contributed by atoms with Gasteiger partial charge in [0.05, 0.1) is 10.0 Å². The van der Waals surface area contributed by atoms with Gasteiger partial charge in [-0.15, -0.1) is 0 Å². The highest BCUT2D eigenvalue weighted by atomic mass is 35.5. The van der Waals surface area contributed by atoms with E-state index in [1.807, 2.05) is 0 Å². The van der Waals surface area contributed by atoms with Crippen LogP contribution >= 0.6 is 23.2 Å². The van der Waals surface area contributed by atoms with Gasteiger partial charge in [0.2, 0.25) is 0 Å². The van der Waals surface area contributed by atoms with Gasteiger partial charge in [-0.05, 0) is 35.9 Å². The van der Waals surface area contributed by atoms with E-state index in [-0.39, 0.29) is 5.82 Å². The molecule has 1 atom stereocenters. The second-order valence-electron chi connectivity index (χ2n) is 4.57. The minimum atomic E-state index is -0.480. The molecule has 0 saturated carbocycles. The number of benzene rings is 2. The third-order valence-corrected chi connectivity index (χ3v) is 4.07. The molecule has 0 radical (unpaired) electrons. The van der Waals surface area contributed by atoms with Crippen LogP contribution in [-0.2, 0) is 0 Å². The Morgan fingerprint density at radius 2 is 1.95 bits per heavy atom. The summed E-state index contributed by atoms with van der Waals surface area (Å²) in [5.74, 6) is 5.83. The smallest absolute Gasteiger partial charge is 0.134 e. The monoisotopic (exact) mass is 324 g/mol. The third-order valence-electron chi connectivity index (χ3n) is 3.24. The molecule has 1 heterocycles. The van der Waals surface area contributed by atoms with Crippen molar-refractivity contribution in [2.45, 2.75) is 6.04 Å². The van der Waals surface area contributed by atoms with Gasteiger partial charge in [0.15, 0.2) is 0 Å². The molecule has 2 aromatic carbocycles.